The van der Waals surface area contributed by atoms with E-state index in [2.05, 4.69) is 109 Å². The highest BCUT2D eigenvalue weighted by molar-refractivity contribution is 5.85. The molecule has 56 heavy (non-hydrogen) atoms. The summed E-state index contributed by atoms with van der Waals surface area (Å²) in [4.78, 5) is 31.5. The number of carbonyl (C=O) groups excluding carboxylic acids is 2. The zero-order valence-electron chi connectivity index (χ0n) is 34.2. The van der Waals surface area contributed by atoms with E-state index in [1.807, 2.05) is 29.0 Å². The number of halogens is 1. The van der Waals surface area contributed by atoms with Gasteiger partial charge in [-0.05, 0) is 86.4 Å². The van der Waals surface area contributed by atoms with Gasteiger partial charge in [-0.15, -0.1) is 12.4 Å². The van der Waals surface area contributed by atoms with Crippen molar-refractivity contribution in [2.75, 3.05) is 46.3 Å². The largest absolute Gasteiger partial charge is 0.342 e. The summed E-state index contributed by atoms with van der Waals surface area (Å²) in [5.74, 6) is 1.34. The Morgan fingerprint density at radius 3 is 1.96 bits per heavy atom. The molecule has 0 bridgehead atoms. The van der Waals surface area contributed by atoms with Gasteiger partial charge in [-0.2, -0.15) is 0 Å². The van der Waals surface area contributed by atoms with Crippen molar-refractivity contribution in [1.29, 1.82) is 0 Å². The smallest absolute Gasteiger partial charge is 0.239 e. The van der Waals surface area contributed by atoms with Crippen molar-refractivity contribution in [2.45, 2.75) is 108 Å². The second kappa shape index (κ2) is 23.8. The maximum atomic E-state index is 14.1. The molecule has 2 fully saturated rings. The molecular formula is C46H70ClN7O2. The van der Waals surface area contributed by atoms with Gasteiger partial charge in [0.25, 0.3) is 0 Å². The van der Waals surface area contributed by atoms with Gasteiger partial charge in [0.1, 0.15) is 0 Å². The molecule has 7 N–H and O–H groups in total. The summed E-state index contributed by atoms with van der Waals surface area (Å²) in [7, 11) is 1.96. The van der Waals surface area contributed by atoms with Gasteiger partial charge in [0, 0.05) is 69.9 Å². The van der Waals surface area contributed by atoms with Crippen molar-refractivity contribution in [3.05, 3.63) is 108 Å². The molecule has 3 aromatic rings. The standard InChI is InChI=1S/C46H69N7O2.ClH/c1-34(2)27-39(50-32-40(29-36-17-9-5-10-18-36)49-31-38(48)28-35-15-7-4-8-16-35)33-51-44(21-13-14-24-47)46(55)53-25-22-41(23-26-53)52(3)45(54)43-30-42(43)37-19-11-6-12-20-37;/h4-12,15-20,34,38-44,49-51H,13-14,21-33,47-48H2,1-3H3;1H/t38-,39-,40-,42?,43?,44-;/m1./s1. The van der Waals surface area contributed by atoms with Gasteiger partial charge in [-0.3, -0.25) is 9.59 Å². The second-order valence-corrected chi connectivity index (χ2v) is 16.6. The molecule has 2 amide bonds. The first-order valence-electron chi connectivity index (χ1n) is 21.1. The number of hydrogen-bond acceptors (Lipinski definition) is 7. The Bertz CT molecular complexity index is 1540. The second-order valence-electron chi connectivity index (χ2n) is 16.6. The number of likely N-dealkylation sites (tertiary alicyclic amines) is 1. The van der Waals surface area contributed by atoms with Crippen LogP contribution in [-0.2, 0) is 22.4 Å². The fourth-order valence-corrected chi connectivity index (χ4v) is 8.30. The van der Waals surface area contributed by atoms with Crippen LogP contribution in [0.4, 0.5) is 0 Å². The minimum absolute atomic E-state index is 0. The van der Waals surface area contributed by atoms with E-state index in [4.69, 9.17) is 11.5 Å². The van der Waals surface area contributed by atoms with Gasteiger partial charge in [0.2, 0.25) is 11.8 Å². The monoisotopic (exact) mass is 788 g/mol. The number of nitrogens with two attached hydrogens (primary N) is 2. The molecule has 3 aromatic carbocycles. The molecule has 1 aliphatic heterocycles. The number of unbranched alkanes of at least 4 members (excludes halogenated alkanes) is 1. The van der Waals surface area contributed by atoms with Crippen LogP contribution in [0.1, 0.15) is 81.4 Å². The molecule has 1 saturated carbocycles. The van der Waals surface area contributed by atoms with Crippen LogP contribution >= 0.6 is 12.4 Å². The predicted molar refractivity (Wildman–Crippen MR) is 233 cm³/mol. The number of nitrogens with one attached hydrogen (secondary N) is 3. The van der Waals surface area contributed by atoms with Crippen molar-refractivity contribution in [1.82, 2.24) is 25.8 Å². The summed E-state index contributed by atoms with van der Waals surface area (Å²) in [6.07, 6.45) is 7.87. The normalized spacial score (nSPS) is 19.1. The third-order valence-electron chi connectivity index (χ3n) is 11.6. The first-order valence-corrected chi connectivity index (χ1v) is 21.1. The molecule has 0 radical (unpaired) electrons. The van der Waals surface area contributed by atoms with Gasteiger partial charge >= 0.3 is 0 Å². The molecular weight excluding hydrogens is 718 g/mol. The van der Waals surface area contributed by atoms with E-state index in [1.165, 1.54) is 16.7 Å². The van der Waals surface area contributed by atoms with Crippen molar-refractivity contribution in [3.8, 4) is 0 Å². The van der Waals surface area contributed by atoms with E-state index >= 15 is 0 Å². The van der Waals surface area contributed by atoms with Gasteiger partial charge < -0.3 is 37.2 Å². The molecule has 2 aliphatic rings. The Kier molecular flexibility index (Phi) is 19.3. The molecule has 308 valence electrons. The summed E-state index contributed by atoms with van der Waals surface area (Å²) >= 11 is 0. The maximum absolute atomic E-state index is 14.1. The van der Waals surface area contributed by atoms with Crippen molar-refractivity contribution >= 4 is 24.2 Å². The van der Waals surface area contributed by atoms with Gasteiger partial charge in [-0.25, -0.2) is 0 Å². The van der Waals surface area contributed by atoms with Crippen LogP contribution in [-0.4, -0.2) is 98.1 Å². The zero-order chi connectivity index (χ0) is 39.0. The summed E-state index contributed by atoms with van der Waals surface area (Å²) in [5.41, 5.74) is 16.3. The highest BCUT2D eigenvalue weighted by Gasteiger charge is 2.46. The quantitative estimate of drug-likeness (QED) is 0.0801. The number of benzene rings is 3. The number of hydrogen-bond donors (Lipinski definition) is 5. The van der Waals surface area contributed by atoms with E-state index in [1.54, 1.807) is 0 Å². The first kappa shape index (κ1) is 45.4. The summed E-state index contributed by atoms with van der Waals surface area (Å²) < 4.78 is 0. The lowest BCUT2D eigenvalue weighted by Gasteiger charge is -2.38. The number of piperidine rings is 1. The van der Waals surface area contributed by atoms with E-state index in [0.717, 1.165) is 70.9 Å². The predicted octanol–water partition coefficient (Wildman–Crippen LogP) is 5.52. The number of amides is 2. The van der Waals surface area contributed by atoms with Crippen LogP contribution in [0.2, 0.25) is 0 Å². The number of carbonyl (C=O) groups is 2. The van der Waals surface area contributed by atoms with E-state index in [0.29, 0.717) is 38.0 Å². The van der Waals surface area contributed by atoms with E-state index in [-0.39, 0.29) is 60.3 Å². The molecule has 1 heterocycles. The topological polar surface area (TPSA) is 129 Å². The minimum Gasteiger partial charge on any atom is -0.342 e. The maximum Gasteiger partial charge on any atom is 0.239 e. The minimum atomic E-state index is -0.258. The van der Waals surface area contributed by atoms with Crippen LogP contribution in [0.25, 0.3) is 0 Å². The Balaban J connectivity index is 0.00000696. The number of rotatable bonds is 23. The third-order valence-corrected chi connectivity index (χ3v) is 11.6. The molecule has 2 unspecified atom stereocenters. The van der Waals surface area contributed by atoms with Crippen LogP contribution in [0.5, 0.6) is 0 Å². The Morgan fingerprint density at radius 1 is 0.786 bits per heavy atom. The Morgan fingerprint density at radius 2 is 1.36 bits per heavy atom. The summed E-state index contributed by atoms with van der Waals surface area (Å²) in [6, 6.07) is 31.8. The lowest BCUT2D eigenvalue weighted by molar-refractivity contribution is -0.137. The lowest BCUT2D eigenvalue weighted by Crippen LogP contribution is -2.55. The van der Waals surface area contributed by atoms with Crippen LogP contribution < -0.4 is 27.4 Å². The van der Waals surface area contributed by atoms with Crippen LogP contribution in [0.3, 0.4) is 0 Å². The van der Waals surface area contributed by atoms with Gasteiger partial charge in [-0.1, -0.05) is 111 Å². The number of nitrogens with zero attached hydrogens (tertiary/aromatic N) is 2. The lowest BCUT2D eigenvalue weighted by atomic mass is 9.99. The van der Waals surface area contributed by atoms with E-state index < -0.39 is 0 Å². The van der Waals surface area contributed by atoms with Crippen LogP contribution in [0, 0.1) is 11.8 Å². The average molecular weight is 789 g/mol. The molecule has 0 spiro atoms. The molecule has 5 rings (SSSR count). The highest BCUT2D eigenvalue weighted by atomic mass is 35.5. The molecule has 1 saturated heterocycles. The molecule has 1 aliphatic carbocycles. The first-order chi connectivity index (χ1) is 26.7. The Labute approximate surface area is 343 Å². The SMILES string of the molecule is CC(C)C[C@H](CN[C@H](CCCCN)C(=O)N1CCC(N(C)C(=O)C2CC2c2ccccc2)CC1)NC[C@@H](Cc1ccccc1)NC[C@H](N)Cc1ccccc1.Cl. The summed E-state index contributed by atoms with van der Waals surface area (Å²) in [6.45, 7) is 8.74. The fourth-order valence-electron chi connectivity index (χ4n) is 8.30. The van der Waals surface area contributed by atoms with Crippen molar-refractivity contribution < 1.29 is 9.59 Å². The van der Waals surface area contributed by atoms with Gasteiger partial charge in [0.05, 0.1) is 6.04 Å². The van der Waals surface area contributed by atoms with E-state index in [9.17, 15) is 9.59 Å². The third kappa shape index (κ3) is 14.6. The molecule has 6 atom stereocenters. The summed E-state index contributed by atoms with van der Waals surface area (Å²) in [5, 5.41) is 11.4. The fraction of sp³-hybridized carbons (Fsp3) is 0.565. The van der Waals surface area contributed by atoms with Crippen molar-refractivity contribution in [3.63, 3.8) is 0 Å². The van der Waals surface area contributed by atoms with Crippen molar-refractivity contribution in [2.24, 2.45) is 23.3 Å². The molecule has 0 aromatic heterocycles. The van der Waals surface area contributed by atoms with Crippen LogP contribution in [0.15, 0.2) is 91.0 Å². The zero-order valence-corrected chi connectivity index (χ0v) is 35.0. The molecule has 9 nitrogen and oxygen atoms in total. The highest BCUT2D eigenvalue weighted by Crippen LogP contribution is 2.48. The van der Waals surface area contributed by atoms with Gasteiger partial charge in [0.15, 0.2) is 0 Å². The Hall–Kier alpha value is -3.31. The molecule has 10 heteroatoms. The average Bonchev–Trinajstić information content (AvgIpc) is 4.01.